The van der Waals surface area contributed by atoms with Gasteiger partial charge in [0.05, 0.1) is 6.42 Å². The number of anilines is 1. The van der Waals surface area contributed by atoms with Crippen molar-refractivity contribution in [3.8, 4) is 0 Å². The molecule has 162 valence electrons. The van der Waals surface area contributed by atoms with Gasteiger partial charge in [-0.1, -0.05) is 44.2 Å². The number of hydrogen-bond acceptors (Lipinski definition) is 4. The molecule has 31 heavy (non-hydrogen) atoms. The van der Waals surface area contributed by atoms with E-state index in [1.54, 1.807) is 43.3 Å². The first-order chi connectivity index (χ1) is 14.7. The van der Waals surface area contributed by atoms with Crippen molar-refractivity contribution in [1.82, 2.24) is 5.32 Å². The second-order valence-electron chi connectivity index (χ2n) is 8.32. The Bertz CT molecular complexity index is 1070. The van der Waals surface area contributed by atoms with E-state index in [0.717, 1.165) is 10.9 Å². The van der Waals surface area contributed by atoms with Crippen LogP contribution in [-0.2, 0) is 16.0 Å². The smallest absolute Gasteiger partial charge is 0.291 e. The first-order valence-corrected chi connectivity index (χ1v) is 10.2. The summed E-state index contributed by atoms with van der Waals surface area (Å²) in [4.78, 5) is 36.7. The van der Waals surface area contributed by atoms with Gasteiger partial charge in [-0.25, -0.2) is 0 Å². The number of carbonyl (C=O) groups excluding carboxylic acids is 3. The van der Waals surface area contributed by atoms with Crippen molar-refractivity contribution in [1.29, 1.82) is 0 Å². The Morgan fingerprint density at radius 1 is 1.06 bits per heavy atom. The maximum absolute atomic E-state index is 12.4. The molecule has 0 bridgehead atoms. The molecule has 1 atom stereocenters. The molecule has 3 aromatic rings. The standard InChI is InChI=1S/C24H27N3O4/c1-15(2)14-24(3,23(25)30)27-21(28)12-16-8-10-18(11-9-16)26-22(29)20-13-17-6-4-5-7-19(17)31-20/h4-11,13,15H,12,14H2,1-3H3,(H2,25,30)(H,26,29)(H,27,28). The summed E-state index contributed by atoms with van der Waals surface area (Å²) in [5, 5.41) is 6.39. The second-order valence-corrected chi connectivity index (χ2v) is 8.32. The molecule has 1 heterocycles. The fourth-order valence-electron chi connectivity index (χ4n) is 3.56. The number of amides is 3. The Hall–Kier alpha value is -3.61. The number of para-hydroxylation sites is 1. The van der Waals surface area contributed by atoms with Crippen LogP contribution in [0.1, 0.15) is 43.3 Å². The summed E-state index contributed by atoms with van der Waals surface area (Å²) in [6.07, 6.45) is 0.555. The van der Waals surface area contributed by atoms with E-state index < -0.39 is 11.4 Å². The third kappa shape index (κ3) is 5.51. The maximum Gasteiger partial charge on any atom is 0.291 e. The Morgan fingerprint density at radius 3 is 2.35 bits per heavy atom. The summed E-state index contributed by atoms with van der Waals surface area (Å²) in [6.45, 7) is 5.57. The number of benzene rings is 2. The molecule has 3 rings (SSSR count). The highest BCUT2D eigenvalue weighted by atomic mass is 16.3. The average molecular weight is 421 g/mol. The van der Waals surface area contributed by atoms with E-state index in [9.17, 15) is 14.4 Å². The number of rotatable bonds is 8. The second kappa shape index (κ2) is 9.04. The largest absolute Gasteiger partial charge is 0.451 e. The molecule has 4 N–H and O–H groups in total. The predicted molar refractivity (Wildman–Crippen MR) is 120 cm³/mol. The van der Waals surface area contributed by atoms with Crippen LogP contribution < -0.4 is 16.4 Å². The van der Waals surface area contributed by atoms with E-state index in [1.165, 1.54) is 0 Å². The first kappa shape index (κ1) is 22.1. The van der Waals surface area contributed by atoms with Gasteiger partial charge in [-0.05, 0) is 49.1 Å². The topological polar surface area (TPSA) is 114 Å². The van der Waals surface area contributed by atoms with Gasteiger partial charge in [0.15, 0.2) is 5.76 Å². The Morgan fingerprint density at radius 2 is 1.74 bits per heavy atom. The first-order valence-electron chi connectivity index (χ1n) is 10.2. The quantitative estimate of drug-likeness (QED) is 0.515. The Kier molecular flexibility index (Phi) is 6.44. The van der Waals surface area contributed by atoms with Crippen LogP contribution >= 0.6 is 0 Å². The molecule has 0 aliphatic carbocycles. The Labute approximate surface area is 181 Å². The summed E-state index contributed by atoms with van der Waals surface area (Å²) in [5.74, 6) is -0.778. The van der Waals surface area contributed by atoms with Gasteiger partial charge in [-0.3, -0.25) is 14.4 Å². The number of hydrogen-bond donors (Lipinski definition) is 3. The van der Waals surface area contributed by atoms with Crippen LogP contribution in [-0.4, -0.2) is 23.3 Å². The van der Waals surface area contributed by atoms with Gasteiger partial charge >= 0.3 is 0 Å². The molecule has 0 fully saturated rings. The molecule has 1 aromatic heterocycles. The molecule has 0 saturated heterocycles. The van der Waals surface area contributed by atoms with E-state index in [2.05, 4.69) is 10.6 Å². The predicted octanol–water partition coefficient (Wildman–Crippen LogP) is 3.63. The highest BCUT2D eigenvalue weighted by Crippen LogP contribution is 2.20. The number of nitrogens with two attached hydrogens (primary N) is 1. The zero-order valence-corrected chi connectivity index (χ0v) is 17.9. The van der Waals surface area contributed by atoms with Crippen molar-refractivity contribution in [2.24, 2.45) is 11.7 Å². The summed E-state index contributed by atoms with van der Waals surface area (Å²) in [7, 11) is 0. The van der Waals surface area contributed by atoms with Gasteiger partial charge in [0, 0.05) is 11.1 Å². The molecule has 0 aliphatic rings. The molecule has 2 aromatic carbocycles. The van der Waals surface area contributed by atoms with E-state index in [0.29, 0.717) is 17.7 Å². The highest BCUT2D eigenvalue weighted by Gasteiger charge is 2.33. The summed E-state index contributed by atoms with van der Waals surface area (Å²) in [5.41, 5.74) is 6.38. The minimum absolute atomic E-state index is 0.0960. The van der Waals surface area contributed by atoms with Gasteiger partial charge in [-0.2, -0.15) is 0 Å². The molecule has 0 saturated carbocycles. The summed E-state index contributed by atoms with van der Waals surface area (Å²) in [6, 6.07) is 16.0. The van der Waals surface area contributed by atoms with Crippen LogP contribution in [0.2, 0.25) is 0 Å². The van der Waals surface area contributed by atoms with Gasteiger partial charge in [-0.15, -0.1) is 0 Å². The molecule has 3 amide bonds. The van der Waals surface area contributed by atoms with Crippen molar-refractivity contribution in [2.75, 3.05) is 5.32 Å². The van der Waals surface area contributed by atoms with Crippen LogP contribution in [0.3, 0.4) is 0 Å². The summed E-state index contributed by atoms with van der Waals surface area (Å²) < 4.78 is 5.57. The van der Waals surface area contributed by atoms with Crippen molar-refractivity contribution in [3.05, 3.63) is 65.9 Å². The van der Waals surface area contributed by atoms with Crippen molar-refractivity contribution in [2.45, 2.75) is 39.2 Å². The lowest BCUT2D eigenvalue weighted by Gasteiger charge is -2.29. The molecule has 7 heteroatoms. The molecule has 0 radical (unpaired) electrons. The van der Waals surface area contributed by atoms with E-state index in [-0.39, 0.29) is 29.9 Å². The average Bonchev–Trinajstić information content (AvgIpc) is 3.13. The summed E-state index contributed by atoms with van der Waals surface area (Å²) >= 11 is 0. The Balaban J connectivity index is 1.61. The number of nitrogens with one attached hydrogen (secondary N) is 2. The molecule has 0 aliphatic heterocycles. The van der Waals surface area contributed by atoms with Crippen LogP contribution in [0.25, 0.3) is 11.0 Å². The van der Waals surface area contributed by atoms with Gasteiger partial charge < -0.3 is 20.8 Å². The lowest BCUT2D eigenvalue weighted by Crippen LogP contribution is -2.56. The van der Waals surface area contributed by atoms with Crippen LogP contribution in [0, 0.1) is 5.92 Å². The van der Waals surface area contributed by atoms with E-state index in [4.69, 9.17) is 10.2 Å². The lowest BCUT2D eigenvalue weighted by molar-refractivity contribution is -0.131. The minimum Gasteiger partial charge on any atom is -0.451 e. The van der Waals surface area contributed by atoms with Crippen molar-refractivity contribution >= 4 is 34.4 Å². The van der Waals surface area contributed by atoms with Gasteiger partial charge in [0.1, 0.15) is 11.1 Å². The van der Waals surface area contributed by atoms with Crippen molar-refractivity contribution < 1.29 is 18.8 Å². The van der Waals surface area contributed by atoms with Crippen LogP contribution in [0.5, 0.6) is 0 Å². The fourth-order valence-corrected chi connectivity index (χ4v) is 3.56. The van der Waals surface area contributed by atoms with E-state index >= 15 is 0 Å². The molecule has 7 nitrogen and oxygen atoms in total. The third-order valence-electron chi connectivity index (χ3n) is 5.00. The molecular weight excluding hydrogens is 394 g/mol. The van der Waals surface area contributed by atoms with Gasteiger partial charge in [0.2, 0.25) is 11.8 Å². The number of carbonyl (C=O) groups is 3. The minimum atomic E-state index is -1.09. The van der Waals surface area contributed by atoms with Gasteiger partial charge in [0.25, 0.3) is 5.91 Å². The molecular formula is C24H27N3O4. The zero-order valence-electron chi connectivity index (χ0n) is 17.9. The zero-order chi connectivity index (χ0) is 22.6. The van der Waals surface area contributed by atoms with Crippen LogP contribution in [0.15, 0.2) is 59.0 Å². The number of furan rings is 1. The number of primary amides is 1. The number of fused-ring (bicyclic) bond motifs is 1. The third-order valence-corrected chi connectivity index (χ3v) is 5.00. The van der Waals surface area contributed by atoms with Crippen LogP contribution in [0.4, 0.5) is 5.69 Å². The normalized spacial score (nSPS) is 13.0. The lowest BCUT2D eigenvalue weighted by atomic mass is 9.89. The monoisotopic (exact) mass is 421 g/mol. The highest BCUT2D eigenvalue weighted by molar-refractivity contribution is 6.04. The maximum atomic E-state index is 12.4. The SMILES string of the molecule is CC(C)CC(C)(NC(=O)Cc1ccc(NC(=O)c2cc3ccccc3o2)cc1)C(N)=O. The van der Waals surface area contributed by atoms with E-state index in [1.807, 2.05) is 32.0 Å². The molecule has 0 spiro atoms. The fraction of sp³-hybridized carbons (Fsp3) is 0.292. The van der Waals surface area contributed by atoms with Crippen molar-refractivity contribution in [3.63, 3.8) is 0 Å². The molecule has 1 unspecified atom stereocenters.